The normalized spacial score (nSPS) is 10.3. The van der Waals surface area contributed by atoms with Crippen molar-refractivity contribution in [3.8, 4) is 5.75 Å². The summed E-state index contributed by atoms with van der Waals surface area (Å²) >= 11 is 0. The average molecular weight is 272 g/mol. The number of nitrogens with zero attached hydrogens (tertiary/aromatic N) is 2. The lowest BCUT2D eigenvalue weighted by Crippen LogP contribution is -2.20. The molecule has 1 amide bonds. The van der Waals surface area contributed by atoms with Crippen LogP contribution in [0.3, 0.4) is 0 Å². The Morgan fingerprint density at radius 1 is 1.30 bits per heavy atom. The second-order valence-electron chi connectivity index (χ2n) is 4.46. The van der Waals surface area contributed by atoms with Gasteiger partial charge in [-0.25, -0.2) is 9.97 Å². The van der Waals surface area contributed by atoms with Crippen molar-refractivity contribution in [1.29, 1.82) is 0 Å². The van der Waals surface area contributed by atoms with E-state index in [0.717, 1.165) is 5.56 Å². The molecular formula is C14H16N4O2. The summed E-state index contributed by atoms with van der Waals surface area (Å²) in [6.07, 6.45) is 0. The maximum atomic E-state index is 11.5. The predicted molar refractivity (Wildman–Crippen MR) is 75.2 cm³/mol. The number of anilines is 1. The molecule has 0 saturated heterocycles. The Labute approximate surface area is 116 Å². The highest BCUT2D eigenvalue weighted by atomic mass is 16.5. The van der Waals surface area contributed by atoms with E-state index in [9.17, 15) is 4.79 Å². The number of nitrogens with two attached hydrogens (primary N) is 2. The number of ether oxygens (including phenoxy) is 1. The summed E-state index contributed by atoms with van der Waals surface area (Å²) < 4.78 is 5.62. The first kappa shape index (κ1) is 13.8. The van der Waals surface area contributed by atoms with Crippen LogP contribution in [0.25, 0.3) is 0 Å². The number of rotatable bonds is 4. The smallest absolute Gasteiger partial charge is 0.252 e. The van der Waals surface area contributed by atoms with Crippen LogP contribution in [0.2, 0.25) is 0 Å². The van der Waals surface area contributed by atoms with E-state index in [2.05, 4.69) is 9.97 Å². The summed E-state index contributed by atoms with van der Waals surface area (Å²) in [4.78, 5) is 19.4. The van der Waals surface area contributed by atoms with Crippen LogP contribution in [-0.4, -0.2) is 15.9 Å². The molecule has 1 aromatic carbocycles. The maximum absolute atomic E-state index is 11.5. The number of hydrogen-bond donors (Lipinski definition) is 2. The molecule has 0 aliphatic carbocycles. The fourth-order valence-corrected chi connectivity index (χ4v) is 1.94. The number of carbonyl (C=O) groups is 1. The van der Waals surface area contributed by atoms with Crippen LogP contribution in [0.4, 0.5) is 5.95 Å². The van der Waals surface area contributed by atoms with Gasteiger partial charge in [0.15, 0.2) is 0 Å². The van der Waals surface area contributed by atoms with Gasteiger partial charge >= 0.3 is 0 Å². The largest absolute Gasteiger partial charge is 0.487 e. The Bertz CT molecular complexity index is 656. The van der Waals surface area contributed by atoms with E-state index in [-0.39, 0.29) is 18.1 Å². The molecule has 2 aromatic rings. The summed E-state index contributed by atoms with van der Waals surface area (Å²) in [6, 6.07) is 7.57. The van der Waals surface area contributed by atoms with Gasteiger partial charge in [-0.2, -0.15) is 0 Å². The second-order valence-corrected chi connectivity index (χ2v) is 4.46. The fraction of sp³-hybridized carbons (Fsp3) is 0.214. The molecule has 0 saturated carbocycles. The van der Waals surface area contributed by atoms with Crippen LogP contribution in [0.5, 0.6) is 5.75 Å². The molecule has 1 aromatic heterocycles. The molecule has 6 nitrogen and oxygen atoms in total. The second kappa shape index (κ2) is 5.56. The number of primary amides is 1. The lowest BCUT2D eigenvalue weighted by Gasteiger charge is -2.11. The molecule has 104 valence electrons. The van der Waals surface area contributed by atoms with E-state index >= 15 is 0 Å². The van der Waals surface area contributed by atoms with Gasteiger partial charge in [0.1, 0.15) is 12.4 Å². The standard InChI is InChI=1S/C14H16N4O2/c1-8-4-3-5-10(6-8)20-7-11-12(13(15)19)9(2)17-14(16)18-11/h3-6H,7H2,1-2H3,(H2,15,19)(H2,16,17,18). The molecule has 20 heavy (non-hydrogen) atoms. The highest BCUT2D eigenvalue weighted by molar-refractivity contribution is 5.95. The molecule has 0 bridgehead atoms. The van der Waals surface area contributed by atoms with Gasteiger partial charge in [0.05, 0.1) is 17.0 Å². The van der Waals surface area contributed by atoms with Crippen molar-refractivity contribution in [1.82, 2.24) is 9.97 Å². The van der Waals surface area contributed by atoms with Crippen LogP contribution >= 0.6 is 0 Å². The number of aryl methyl sites for hydroxylation is 2. The van der Waals surface area contributed by atoms with Gasteiger partial charge in [-0.15, -0.1) is 0 Å². The van der Waals surface area contributed by atoms with Crippen LogP contribution in [0, 0.1) is 13.8 Å². The fourth-order valence-electron chi connectivity index (χ4n) is 1.94. The molecule has 0 atom stereocenters. The van der Waals surface area contributed by atoms with Crippen LogP contribution in [-0.2, 0) is 6.61 Å². The number of aromatic nitrogens is 2. The first-order valence-corrected chi connectivity index (χ1v) is 6.09. The van der Waals surface area contributed by atoms with Crippen molar-refractivity contribution in [3.63, 3.8) is 0 Å². The Hall–Kier alpha value is -2.63. The SMILES string of the molecule is Cc1cccc(OCc2nc(N)nc(C)c2C(N)=O)c1. The first-order chi connectivity index (χ1) is 9.47. The molecule has 6 heteroatoms. The van der Waals surface area contributed by atoms with E-state index in [1.807, 2.05) is 31.2 Å². The molecule has 0 fully saturated rings. The van der Waals surface area contributed by atoms with E-state index in [4.69, 9.17) is 16.2 Å². The molecule has 1 heterocycles. The highest BCUT2D eigenvalue weighted by Crippen LogP contribution is 2.17. The Balaban J connectivity index is 2.27. The topological polar surface area (TPSA) is 104 Å². The number of hydrogen-bond acceptors (Lipinski definition) is 5. The lowest BCUT2D eigenvalue weighted by atomic mass is 10.1. The van der Waals surface area contributed by atoms with Gasteiger partial charge in [0, 0.05) is 0 Å². The van der Waals surface area contributed by atoms with Crippen molar-refractivity contribution in [3.05, 3.63) is 46.8 Å². The van der Waals surface area contributed by atoms with Crippen molar-refractivity contribution in [2.75, 3.05) is 5.73 Å². The van der Waals surface area contributed by atoms with Gasteiger partial charge in [-0.1, -0.05) is 12.1 Å². The number of carbonyl (C=O) groups excluding carboxylic acids is 1. The zero-order valence-corrected chi connectivity index (χ0v) is 11.4. The maximum Gasteiger partial charge on any atom is 0.252 e. The quantitative estimate of drug-likeness (QED) is 0.874. The minimum absolute atomic E-state index is 0.0929. The number of nitrogen functional groups attached to an aromatic ring is 1. The van der Waals surface area contributed by atoms with Gasteiger partial charge in [0.2, 0.25) is 5.95 Å². The summed E-state index contributed by atoms with van der Waals surface area (Å²) in [7, 11) is 0. The minimum Gasteiger partial charge on any atom is -0.487 e. The van der Waals surface area contributed by atoms with E-state index in [1.165, 1.54) is 0 Å². The summed E-state index contributed by atoms with van der Waals surface area (Å²) in [5.41, 5.74) is 13.1. The Morgan fingerprint density at radius 2 is 2.05 bits per heavy atom. The molecule has 0 aliphatic heterocycles. The Kier molecular flexibility index (Phi) is 3.84. The van der Waals surface area contributed by atoms with Gasteiger partial charge in [-0.3, -0.25) is 4.79 Å². The van der Waals surface area contributed by atoms with Crippen molar-refractivity contribution < 1.29 is 9.53 Å². The van der Waals surface area contributed by atoms with Crippen LogP contribution < -0.4 is 16.2 Å². The minimum atomic E-state index is -0.592. The van der Waals surface area contributed by atoms with Crippen molar-refractivity contribution >= 4 is 11.9 Å². The summed E-state index contributed by atoms with van der Waals surface area (Å²) in [5, 5.41) is 0. The van der Waals surface area contributed by atoms with Gasteiger partial charge in [0.25, 0.3) is 5.91 Å². The predicted octanol–water partition coefficient (Wildman–Crippen LogP) is 1.35. The lowest BCUT2D eigenvalue weighted by molar-refractivity contribution is 0.0996. The third-order valence-corrected chi connectivity index (χ3v) is 2.79. The Morgan fingerprint density at radius 3 is 2.70 bits per heavy atom. The highest BCUT2D eigenvalue weighted by Gasteiger charge is 2.16. The first-order valence-electron chi connectivity index (χ1n) is 6.09. The summed E-state index contributed by atoms with van der Waals surface area (Å²) in [6.45, 7) is 3.73. The number of benzene rings is 1. The van der Waals surface area contributed by atoms with Crippen molar-refractivity contribution in [2.24, 2.45) is 5.73 Å². The van der Waals surface area contributed by atoms with Gasteiger partial charge < -0.3 is 16.2 Å². The van der Waals surface area contributed by atoms with E-state index in [1.54, 1.807) is 6.92 Å². The zero-order valence-electron chi connectivity index (χ0n) is 11.4. The summed E-state index contributed by atoms with van der Waals surface area (Å²) in [5.74, 6) is 0.191. The molecule has 0 aliphatic rings. The molecule has 0 radical (unpaired) electrons. The third-order valence-electron chi connectivity index (χ3n) is 2.79. The molecule has 4 N–H and O–H groups in total. The van der Waals surface area contributed by atoms with Crippen LogP contribution in [0.1, 0.15) is 27.3 Å². The average Bonchev–Trinajstić information content (AvgIpc) is 2.35. The zero-order chi connectivity index (χ0) is 14.7. The van der Waals surface area contributed by atoms with E-state index in [0.29, 0.717) is 17.1 Å². The van der Waals surface area contributed by atoms with Crippen LogP contribution in [0.15, 0.2) is 24.3 Å². The molecular weight excluding hydrogens is 256 g/mol. The monoisotopic (exact) mass is 272 g/mol. The molecule has 2 rings (SSSR count). The van der Waals surface area contributed by atoms with Gasteiger partial charge in [-0.05, 0) is 31.5 Å². The van der Waals surface area contributed by atoms with E-state index < -0.39 is 5.91 Å². The number of amides is 1. The molecule has 0 unspecified atom stereocenters. The third kappa shape index (κ3) is 3.03. The van der Waals surface area contributed by atoms with Crippen molar-refractivity contribution in [2.45, 2.75) is 20.5 Å². The molecule has 0 spiro atoms.